The Kier molecular flexibility index (Phi) is 5.24. The highest BCUT2D eigenvalue weighted by molar-refractivity contribution is 9.10. The molecule has 0 aliphatic heterocycles. The van der Waals surface area contributed by atoms with Gasteiger partial charge in [0, 0.05) is 12.2 Å². The van der Waals surface area contributed by atoms with Crippen molar-refractivity contribution >= 4 is 33.4 Å². The highest BCUT2D eigenvalue weighted by Gasteiger charge is 2.16. The maximum absolute atomic E-state index is 13.1. The van der Waals surface area contributed by atoms with Gasteiger partial charge in [-0.2, -0.15) is 0 Å². The second-order valence-electron chi connectivity index (χ2n) is 3.86. The van der Waals surface area contributed by atoms with Crippen LogP contribution in [0.15, 0.2) is 32.3 Å². The molecule has 0 saturated heterocycles. The molecule has 0 spiro atoms. The van der Waals surface area contributed by atoms with Crippen molar-refractivity contribution in [2.24, 2.45) is 0 Å². The number of thioether (sulfide) groups is 1. The minimum absolute atomic E-state index is 0.186. The van der Waals surface area contributed by atoms with E-state index in [9.17, 15) is 8.78 Å². The van der Waals surface area contributed by atoms with E-state index in [1.54, 1.807) is 12.1 Å². The Hall–Kier alpha value is -1.28. The first-order chi connectivity index (χ1) is 9.61. The van der Waals surface area contributed by atoms with E-state index >= 15 is 0 Å². The molecule has 0 bridgehead atoms. The van der Waals surface area contributed by atoms with Gasteiger partial charge >= 0.3 is 0 Å². The normalized spacial score (nSPS) is 10.8. The molecule has 1 aromatic heterocycles. The van der Waals surface area contributed by atoms with Gasteiger partial charge in [0.15, 0.2) is 10.7 Å². The third-order valence-electron chi connectivity index (χ3n) is 2.43. The number of nitrogens with zero attached hydrogens (tertiary/aromatic N) is 2. The van der Waals surface area contributed by atoms with E-state index in [1.807, 2.05) is 0 Å². The molecule has 0 amide bonds. The van der Waals surface area contributed by atoms with Gasteiger partial charge in [-0.05, 0) is 43.9 Å². The van der Waals surface area contributed by atoms with Crippen molar-refractivity contribution in [3.05, 3.63) is 39.7 Å². The fraction of sp³-hybridized carbons (Fsp3) is 0.250. The summed E-state index contributed by atoms with van der Waals surface area (Å²) < 4.78 is 30.2. The molecular weight excluding hydrogens is 352 g/mol. The molecule has 106 valence electrons. The molecule has 0 aliphatic rings. The average Bonchev–Trinajstić information content (AvgIpc) is 2.89. The summed E-state index contributed by atoms with van der Waals surface area (Å²) in [6.45, 7) is -0.491. The lowest BCUT2D eigenvalue weighted by Gasteiger charge is -2.03. The summed E-state index contributed by atoms with van der Waals surface area (Å²) in [7, 11) is 0. The first-order valence-corrected chi connectivity index (χ1v) is 7.42. The maximum Gasteiger partial charge on any atom is 0.170 e. The molecule has 4 nitrogen and oxygen atoms in total. The van der Waals surface area contributed by atoms with E-state index in [-0.39, 0.29) is 23.7 Å². The number of benzene rings is 1. The minimum Gasteiger partial charge on any atom is -0.302 e. The Labute approximate surface area is 126 Å². The zero-order valence-electron chi connectivity index (χ0n) is 10.2. The average molecular weight is 362 g/mol. The van der Waals surface area contributed by atoms with Gasteiger partial charge in [-0.15, -0.1) is 0 Å². The smallest absolute Gasteiger partial charge is 0.170 e. The van der Waals surface area contributed by atoms with Crippen LogP contribution in [0.25, 0.3) is 0 Å². The molecule has 1 heterocycles. The van der Waals surface area contributed by atoms with E-state index in [0.717, 1.165) is 17.3 Å². The third-order valence-corrected chi connectivity index (χ3v) is 3.93. The van der Waals surface area contributed by atoms with E-state index in [4.69, 9.17) is 5.41 Å². The van der Waals surface area contributed by atoms with Crippen LogP contribution < -0.4 is 0 Å². The Balaban J connectivity index is 2.11. The van der Waals surface area contributed by atoms with Crippen molar-refractivity contribution < 1.29 is 13.4 Å². The first-order valence-electron chi connectivity index (χ1n) is 5.65. The van der Waals surface area contributed by atoms with Gasteiger partial charge in [0.2, 0.25) is 0 Å². The molecule has 8 heteroatoms. The van der Waals surface area contributed by atoms with Crippen molar-refractivity contribution in [1.82, 2.24) is 10.3 Å². The molecule has 0 atom stereocenters. The Morgan fingerprint density at radius 3 is 2.90 bits per heavy atom. The summed E-state index contributed by atoms with van der Waals surface area (Å²) in [6.07, 6.45) is 0.260. The topological polar surface area (TPSA) is 62.8 Å². The molecule has 2 rings (SSSR count). The van der Waals surface area contributed by atoms with Crippen LogP contribution in [0.4, 0.5) is 8.78 Å². The fourth-order valence-electron chi connectivity index (χ4n) is 1.53. The number of rotatable bonds is 6. The van der Waals surface area contributed by atoms with Gasteiger partial charge < -0.3 is 5.41 Å². The largest absolute Gasteiger partial charge is 0.302 e. The molecule has 0 unspecified atom stereocenters. The van der Waals surface area contributed by atoms with E-state index in [0.29, 0.717) is 15.2 Å². The van der Waals surface area contributed by atoms with Crippen LogP contribution in [-0.2, 0) is 6.42 Å². The summed E-state index contributed by atoms with van der Waals surface area (Å²) in [5, 5.41) is 15.7. The quantitative estimate of drug-likeness (QED) is 0.630. The van der Waals surface area contributed by atoms with Crippen LogP contribution in [0.3, 0.4) is 0 Å². The van der Waals surface area contributed by atoms with Gasteiger partial charge in [0.25, 0.3) is 0 Å². The van der Waals surface area contributed by atoms with Gasteiger partial charge in [-0.25, -0.2) is 9.02 Å². The van der Waals surface area contributed by atoms with E-state index in [2.05, 4.69) is 30.9 Å². The molecule has 2 aromatic rings. The van der Waals surface area contributed by atoms with Crippen molar-refractivity contribution in [3.8, 4) is 0 Å². The van der Waals surface area contributed by atoms with Crippen LogP contribution >= 0.6 is 27.7 Å². The lowest BCUT2D eigenvalue weighted by Crippen LogP contribution is -2.06. The van der Waals surface area contributed by atoms with Crippen LogP contribution in [0, 0.1) is 11.2 Å². The van der Waals surface area contributed by atoms with Crippen molar-refractivity contribution in [2.75, 3.05) is 12.4 Å². The van der Waals surface area contributed by atoms with Crippen LogP contribution in [0.5, 0.6) is 0 Å². The summed E-state index contributed by atoms with van der Waals surface area (Å²) in [4.78, 5) is 0. The predicted octanol–water partition coefficient (Wildman–Crippen LogP) is 3.64. The molecule has 1 N–H and O–H groups in total. The summed E-state index contributed by atoms with van der Waals surface area (Å²) >= 11 is 4.24. The number of alkyl halides is 1. The van der Waals surface area contributed by atoms with Crippen LogP contribution in [-0.4, -0.2) is 28.5 Å². The zero-order valence-corrected chi connectivity index (χ0v) is 12.6. The molecule has 0 saturated carbocycles. The standard InChI is InChI=1S/C12H10BrF2N3OS/c13-8-5-7(1-2-9(8)15)6-10(16)11-12(18-19-17-11)20-4-3-14/h1-2,5,16H,3-4,6H2. The van der Waals surface area contributed by atoms with Gasteiger partial charge in [-0.3, -0.25) is 4.39 Å². The lowest BCUT2D eigenvalue weighted by molar-refractivity contribution is 0.298. The SMILES string of the molecule is N=C(Cc1ccc(F)c(Br)c1)c1nonc1SCCF. The van der Waals surface area contributed by atoms with Gasteiger partial charge in [-0.1, -0.05) is 17.8 Å². The molecule has 1 aromatic carbocycles. The number of hydrogen-bond acceptors (Lipinski definition) is 5. The summed E-state index contributed by atoms with van der Waals surface area (Å²) in [6, 6.07) is 4.52. The minimum atomic E-state index is -0.491. The molecule has 0 aliphatic carbocycles. The van der Waals surface area contributed by atoms with Crippen molar-refractivity contribution in [2.45, 2.75) is 11.4 Å². The molecule has 0 radical (unpaired) electrons. The van der Waals surface area contributed by atoms with Gasteiger partial charge in [0.1, 0.15) is 5.82 Å². The van der Waals surface area contributed by atoms with Crippen LogP contribution in [0.1, 0.15) is 11.3 Å². The summed E-state index contributed by atoms with van der Waals surface area (Å²) in [5.74, 6) is -0.126. The van der Waals surface area contributed by atoms with Crippen molar-refractivity contribution in [3.63, 3.8) is 0 Å². The number of hydrogen-bond donors (Lipinski definition) is 1. The number of halogens is 3. The Bertz CT molecular complexity index is 620. The Morgan fingerprint density at radius 2 is 2.20 bits per heavy atom. The second kappa shape index (κ2) is 6.94. The second-order valence-corrected chi connectivity index (χ2v) is 5.80. The zero-order chi connectivity index (χ0) is 14.5. The monoisotopic (exact) mass is 361 g/mol. The lowest BCUT2D eigenvalue weighted by atomic mass is 10.1. The number of aromatic nitrogens is 2. The molecular formula is C12H10BrF2N3OS. The fourth-order valence-corrected chi connectivity index (χ4v) is 2.61. The van der Waals surface area contributed by atoms with Crippen molar-refractivity contribution in [1.29, 1.82) is 5.41 Å². The maximum atomic E-state index is 13.1. The summed E-state index contributed by atoms with van der Waals surface area (Å²) in [5.41, 5.74) is 1.24. The van der Waals surface area contributed by atoms with Gasteiger partial charge in [0.05, 0.1) is 16.9 Å². The third kappa shape index (κ3) is 3.63. The Morgan fingerprint density at radius 1 is 1.40 bits per heavy atom. The molecule has 0 fully saturated rings. The predicted molar refractivity (Wildman–Crippen MR) is 75.6 cm³/mol. The first kappa shape index (κ1) is 15.1. The van der Waals surface area contributed by atoms with E-state index in [1.165, 1.54) is 6.07 Å². The molecule has 20 heavy (non-hydrogen) atoms. The van der Waals surface area contributed by atoms with Crippen LogP contribution in [0.2, 0.25) is 0 Å². The highest BCUT2D eigenvalue weighted by Crippen LogP contribution is 2.22. The highest BCUT2D eigenvalue weighted by atomic mass is 79.9. The van der Waals surface area contributed by atoms with E-state index < -0.39 is 6.67 Å². The number of nitrogens with one attached hydrogen (secondary N) is 1.